The summed E-state index contributed by atoms with van der Waals surface area (Å²) in [5.74, 6) is 0.497. The number of hydrogen-bond donors (Lipinski definition) is 1. The molecular formula is C23H17F3N4O3. The van der Waals surface area contributed by atoms with Crippen LogP contribution in [-0.2, 0) is 0 Å². The molecule has 0 atom stereocenters. The van der Waals surface area contributed by atoms with Crippen molar-refractivity contribution < 1.29 is 27.4 Å². The summed E-state index contributed by atoms with van der Waals surface area (Å²) in [6.45, 7) is 0. The second-order valence-electron chi connectivity index (χ2n) is 6.81. The van der Waals surface area contributed by atoms with Crippen LogP contribution in [0.3, 0.4) is 0 Å². The fourth-order valence-electron chi connectivity index (χ4n) is 2.97. The van der Waals surface area contributed by atoms with Gasteiger partial charge in [0.1, 0.15) is 17.8 Å². The van der Waals surface area contributed by atoms with Crippen molar-refractivity contribution in [1.82, 2.24) is 14.8 Å². The van der Waals surface area contributed by atoms with E-state index in [1.807, 2.05) is 0 Å². The van der Waals surface area contributed by atoms with Crippen molar-refractivity contribution >= 4 is 11.6 Å². The molecule has 0 unspecified atom stereocenters. The van der Waals surface area contributed by atoms with E-state index in [0.717, 1.165) is 0 Å². The van der Waals surface area contributed by atoms with E-state index in [0.29, 0.717) is 34.1 Å². The highest BCUT2D eigenvalue weighted by Crippen LogP contribution is 2.24. The van der Waals surface area contributed by atoms with Crippen LogP contribution >= 0.6 is 0 Å². The summed E-state index contributed by atoms with van der Waals surface area (Å²) in [6, 6.07) is 19.0. The van der Waals surface area contributed by atoms with Gasteiger partial charge in [-0.15, -0.1) is 18.3 Å². The molecular weight excluding hydrogens is 437 g/mol. The summed E-state index contributed by atoms with van der Waals surface area (Å²) in [5, 5.41) is 7.16. The maximum absolute atomic E-state index is 12.4. The minimum absolute atomic E-state index is 0.259. The summed E-state index contributed by atoms with van der Waals surface area (Å²) < 4.78 is 47.3. The lowest BCUT2D eigenvalue weighted by Gasteiger charge is -2.09. The van der Waals surface area contributed by atoms with Crippen molar-refractivity contribution in [2.24, 2.45) is 0 Å². The van der Waals surface area contributed by atoms with E-state index >= 15 is 0 Å². The number of alkyl halides is 3. The van der Waals surface area contributed by atoms with Gasteiger partial charge in [0.25, 0.3) is 5.91 Å². The smallest absolute Gasteiger partial charge is 0.497 e. The average Bonchev–Trinajstić information content (AvgIpc) is 3.29. The maximum Gasteiger partial charge on any atom is 0.573 e. The first-order valence-electron chi connectivity index (χ1n) is 9.64. The molecule has 4 aromatic rings. The van der Waals surface area contributed by atoms with Crippen LogP contribution in [0.1, 0.15) is 10.4 Å². The Morgan fingerprint density at radius 3 is 2.15 bits per heavy atom. The van der Waals surface area contributed by atoms with Crippen LogP contribution in [0.4, 0.5) is 18.9 Å². The standard InChI is InChI=1S/C23H17F3N4O3/c1-32-19-10-4-16(5-11-19)22(31)28-17-6-2-15(3-7-17)21-27-14-30(29-21)18-8-12-20(13-9-18)33-23(24,25)26/h2-14H,1H3,(H,28,31). The highest BCUT2D eigenvalue weighted by Gasteiger charge is 2.31. The number of ether oxygens (including phenoxy) is 2. The largest absolute Gasteiger partial charge is 0.573 e. The molecule has 0 saturated carbocycles. The van der Waals surface area contributed by atoms with Crippen LogP contribution in [0.2, 0.25) is 0 Å². The van der Waals surface area contributed by atoms with Crippen LogP contribution < -0.4 is 14.8 Å². The van der Waals surface area contributed by atoms with Crippen LogP contribution in [0.25, 0.3) is 17.1 Å². The van der Waals surface area contributed by atoms with Gasteiger partial charge in [0.2, 0.25) is 0 Å². The Labute approximate surface area is 186 Å². The number of halogens is 3. The maximum atomic E-state index is 12.4. The van der Waals surface area contributed by atoms with E-state index in [4.69, 9.17) is 4.74 Å². The Morgan fingerprint density at radius 2 is 1.55 bits per heavy atom. The van der Waals surface area contributed by atoms with E-state index in [2.05, 4.69) is 20.1 Å². The number of carbonyl (C=O) groups excluding carboxylic acids is 1. The second kappa shape index (κ2) is 9.03. The highest BCUT2D eigenvalue weighted by molar-refractivity contribution is 6.04. The van der Waals surface area contributed by atoms with Gasteiger partial charge in [-0.25, -0.2) is 9.67 Å². The summed E-state index contributed by atoms with van der Waals surface area (Å²) in [6.07, 6.45) is -3.30. The lowest BCUT2D eigenvalue weighted by molar-refractivity contribution is -0.274. The molecule has 0 fully saturated rings. The number of methoxy groups -OCH3 is 1. The predicted octanol–water partition coefficient (Wildman–Crippen LogP) is 5.09. The number of anilines is 1. The summed E-state index contributed by atoms with van der Waals surface area (Å²) >= 11 is 0. The van der Waals surface area contributed by atoms with Gasteiger partial charge in [0, 0.05) is 16.8 Å². The molecule has 3 aromatic carbocycles. The molecule has 4 rings (SSSR count). The Kier molecular flexibility index (Phi) is 5.99. The minimum Gasteiger partial charge on any atom is -0.497 e. The Balaban J connectivity index is 1.42. The van der Waals surface area contributed by atoms with Gasteiger partial charge >= 0.3 is 6.36 Å². The first kappa shape index (κ1) is 21.9. The normalized spacial score (nSPS) is 11.2. The molecule has 0 aliphatic rings. The molecule has 0 aliphatic carbocycles. The SMILES string of the molecule is COc1ccc(C(=O)Nc2ccc(-c3ncn(-c4ccc(OC(F)(F)F)cc4)n3)cc2)cc1. The lowest BCUT2D eigenvalue weighted by Crippen LogP contribution is -2.17. The van der Waals surface area contributed by atoms with Gasteiger partial charge in [-0.05, 0) is 72.8 Å². The molecule has 168 valence electrons. The van der Waals surface area contributed by atoms with Crippen molar-refractivity contribution in [2.45, 2.75) is 6.36 Å². The van der Waals surface area contributed by atoms with E-state index < -0.39 is 6.36 Å². The molecule has 1 N–H and O–H groups in total. The second-order valence-corrected chi connectivity index (χ2v) is 6.81. The van der Waals surface area contributed by atoms with Gasteiger partial charge in [-0.1, -0.05) is 0 Å². The van der Waals surface area contributed by atoms with E-state index in [1.165, 1.54) is 35.3 Å². The minimum atomic E-state index is -4.75. The first-order valence-corrected chi connectivity index (χ1v) is 9.64. The lowest BCUT2D eigenvalue weighted by atomic mass is 10.1. The van der Waals surface area contributed by atoms with Crippen molar-refractivity contribution in [3.63, 3.8) is 0 Å². The van der Waals surface area contributed by atoms with Crippen molar-refractivity contribution in [3.05, 3.63) is 84.7 Å². The number of nitrogens with zero attached hydrogens (tertiary/aromatic N) is 3. The summed E-state index contributed by atoms with van der Waals surface area (Å²) in [4.78, 5) is 16.6. The monoisotopic (exact) mass is 454 g/mol. The van der Waals surface area contributed by atoms with E-state index in [1.54, 1.807) is 55.6 Å². The first-order chi connectivity index (χ1) is 15.8. The highest BCUT2D eigenvalue weighted by atomic mass is 19.4. The zero-order valence-electron chi connectivity index (χ0n) is 17.2. The number of amides is 1. The molecule has 1 aromatic heterocycles. The number of carbonyl (C=O) groups is 1. The van der Waals surface area contributed by atoms with Crippen LogP contribution in [0, 0.1) is 0 Å². The molecule has 7 nitrogen and oxygen atoms in total. The molecule has 0 bridgehead atoms. The average molecular weight is 454 g/mol. The van der Waals surface area contributed by atoms with Crippen molar-refractivity contribution in [3.8, 4) is 28.6 Å². The Hall–Kier alpha value is -4.34. The number of benzene rings is 3. The van der Waals surface area contributed by atoms with Crippen LogP contribution in [0.5, 0.6) is 11.5 Å². The third-order valence-corrected chi connectivity index (χ3v) is 4.58. The van der Waals surface area contributed by atoms with E-state index in [-0.39, 0.29) is 11.7 Å². The number of rotatable bonds is 6. The van der Waals surface area contributed by atoms with Crippen molar-refractivity contribution in [2.75, 3.05) is 12.4 Å². The van der Waals surface area contributed by atoms with E-state index in [9.17, 15) is 18.0 Å². The molecule has 0 aliphatic heterocycles. The molecule has 1 heterocycles. The molecule has 10 heteroatoms. The number of aromatic nitrogens is 3. The third kappa shape index (κ3) is 5.48. The third-order valence-electron chi connectivity index (χ3n) is 4.58. The number of hydrogen-bond acceptors (Lipinski definition) is 5. The molecule has 0 spiro atoms. The predicted molar refractivity (Wildman–Crippen MR) is 114 cm³/mol. The van der Waals surface area contributed by atoms with Gasteiger partial charge in [0.15, 0.2) is 5.82 Å². The molecule has 33 heavy (non-hydrogen) atoms. The zero-order chi connectivity index (χ0) is 23.4. The quantitative estimate of drug-likeness (QED) is 0.439. The summed E-state index contributed by atoms with van der Waals surface area (Å²) in [7, 11) is 1.55. The van der Waals surface area contributed by atoms with Gasteiger partial charge in [-0.2, -0.15) is 0 Å². The number of nitrogens with one attached hydrogen (secondary N) is 1. The topological polar surface area (TPSA) is 78.3 Å². The van der Waals surface area contributed by atoms with Gasteiger partial charge in [-0.3, -0.25) is 4.79 Å². The molecule has 1 amide bonds. The molecule has 0 radical (unpaired) electrons. The van der Waals surface area contributed by atoms with Crippen LogP contribution in [-0.4, -0.2) is 34.1 Å². The Morgan fingerprint density at radius 1 is 0.909 bits per heavy atom. The zero-order valence-corrected chi connectivity index (χ0v) is 17.2. The van der Waals surface area contributed by atoms with Gasteiger partial charge < -0.3 is 14.8 Å². The molecule has 0 saturated heterocycles. The summed E-state index contributed by atoms with van der Waals surface area (Å²) in [5.41, 5.74) is 2.31. The van der Waals surface area contributed by atoms with Crippen LogP contribution in [0.15, 0.2) is 79.1 Å². The fourth-order valence-corrected chi connectivity index (χ4v) is 2.97. The van der Waals surface area contributed by atoms with Gasteiger partial charge in [0.05, 0.1) is 12.8 Å². The van der Waals surface area contributed by atoms with Crippen molar-refractivity contribution in [1.29, 1.82) is 0 Å². The Bertz CT molecular complexity index is 1240. The fraction of sp³-hybridized carbons (Fsp3) is 0.0870.